The number of imide groups is 1. The molecular formula is C26H22N2O3. The van der Waals surface area contributed by atoms with Crippen LogP contribution in [0.25, 0.3) is 0 Å². The van der Waals surface area contributed by atoms with Gasteiger partial charge in [0.25, 0.3) is 5.91 Å². The summed E-state index contributed by atoms with van der Waals surface area (Å²) in [4.78, 5) is 35.1. The number of hydrogen-bond acceptors (Lipinski definition) is 4. The van der Waals surface area contributed by atoms with Gasteiger partial charge < -0.3 is 0 Å². The molecule has 2 amide bonds. The van der Waals surface area contributed by atoms with Crippen LogP contribution in [0.3, 0.4) is 0 Å². The van der Waals surface area contributed by atoms with Gasteiger partial charge in [-0.1, -0.05) is 80.6 Å². The van der Waals surface area contributed by atoms with Crippen molar-refractivity contribution < 1.29 is 14.4 Å². The summed E-state index contributed by atoms with van der Waals surface area (Å²) >= 11 is 0. The van der Waals surface area contributed by atoms with Crippen LogP contribution in [-0.4, -0.2) is 17.9 Å². The van der Waals surface area contributed by atoms with Crippen LogP contribution in [0, 0.1) is 5.92 Å². The van der Waals surface area contributed by atoms with Crippen molar-refractivity contribution in [1.29, 1.82) is 0 Å². The second kappa shape index (κ2) is 6.05. The maximum Gasteiger partial charge on any atom is 0.266 e. The summed E-state index contributed by atoms with van der Waals surface area (Å²) in [6, 6.07) is 27.2. The molecule has 0 N–H and O–H groups in total. The topological polar surface area (TPSA) is 49.9 Å². The van der Waals surface area contributed by atoms with Crippen LogP contribution < -0.4 is 9.96 Å². The van der Waals surface area contributed by atoms with Crippen molar-refractivity contribution in [2.75, 3.05) is 9.96 Å². The number of benzene rings is 3. The van der Waals surface area contributed by atoms with Crippen molar-refractivity contribution >= 4 is 23.2 Å². The van der Waals surface area contributed by atoms with Gasteiger partial charge in [-0.05, 0) is 29.3 Å². The predicted octanol–water partition coefficient (Wildman–Crippen LogP) is 4.18. The maximum atomic E-state index is 14.0. The number of nitrogens with zero attached hydrogens (tertiary/aromatic N) is 2. The average Bonchev–Trinajstić information content (AvgIpc) is 3.35. The Bertz CT molecular complexity index is 1210. The van der Waals surface area contributed by atoms with Crippen molar-refractivity contribution in [1.82, 2.24) is 0 Å². The largest absolute Gasteiger partial charge is 0.273 e. The molecule has 3 heterocycles. The highest BCUT2D eigenvalue weighted by Crippen LogP contribution is 2.65. The molecule has 5 heteroatoms. The molecule has 0 spiro atoms. The Morgan fingerprint density at radius 1 is 0.774 bits per heavy atom. The molecule has 3 aliphatic heterocycles. The van der Waals surface area contributed by atoms with E-state index in [0.717, 1.165) is 16.8 Å². The van der Waals surface area contributed by atoms with Crippen LogP contribution in [0.5, 0.6) is 0 Å². The highest BCUT2D eigenvalue weighted by atomic mass is 16.7. The maximum absolute atomic E-state index is 14.0. The first-order valence-corrected chi connectivity index (χ1v) is 10.5. The van der Waals surface area contributed by atoms with Gasteiger partial charge in [-0.2, -0.15) is 0 Å². The van der Waals surface area contributed by atoms with Gasteiger partial charge in [0.05, 0.1) is 11.4 Å². The lowest BCUT2D eigenvalue weighted by atomic mass is 9.60. The van der Waals surface area contributed by atoms with Gasteiger partial charge in [0.1, 0.15) is 11.5 Å². The molecule has 0 bridgehead atoms. The molecule has 0 aromatic heterocycles. The van der Waals surface area contributed by atoms with Crippen LogP contribution in [0.4, 0.5) is 11.4 Å². The van der Waals surface area contributed by atoms with E-state index in [1.807, 2.05) is 71.8 Å². The predicted molar refractivity (Wildman–Crippen MR) is 117 cm³/mol. The molecule has 0 aliphatic carbocycles. The van der Waals surface area contributed by atoms with Gasteiger partial charge in [0.15, 0.2) is 6.10 Å². The SMILES string of the molecule is CC1(C)c2ccccc2N2O[C@@H]3C(=O)N(c4ccccc4)C(=O)[C@@H]3C21c1ccccc1. The molecule has 6 rings (SSSR count). The summed E-state index contributed by atoms with van der Waals surface area (Å²) < 4.78 is 0. The van der Waals surface area contributed by atoms with Crippen molar-refractivity contribution in [3.8, 4) is 0 Å². The molecular weight excluding hydrogens is 388 g/mol. The lowest BCUT2D eigenvalue weighted by Crippen LogP contribution is -2.56. The summed E-state index contributed by atoms with van der Waals surface area (Å²) in [6.07, 6.45) is -0.861. The number of rotatable bonds is 2. The van der Waals surface area contributed by atoms with Crippen LogP contribution in [0.1, 0.15) is 25.0 Å². The Kier molecular flexibility index (Phi) is 3.58. The Morgan fingerprint density at radius 2 is 1.39 bits per heavy atom. The number of fused-ring (bicyclic) bond motifs is 5. The first kappa shape index (κ1) is 18.3. The van der Waals surface area contributed by atoms with Crippen LogP contribution in [-0.2, 0) is 25.4 Å². The standard InChI is InChI=1S/C26H22N2O3/c1-25(2)19-15-9-10-16-20(19)28-26(25,17-11-5-3-6-12-17)21-22(31-28)24(30)27(23(21)29)18-13-7-4-8-14-18/h3-16,21-22H,1-2H3/t21-,22+,26?/m1/s1. The normalized spacial score (nSPS) is 27.9. The first-order valence-electron chi connectivity index (χ1n) is 10.5. The van der Waals surface area contributed by atoms with E-state index in [1.165, 1.54) is 4.90 Å². The molecule has 2 saturated heterocycles. The van der Waals surface area contributed by atoms with Gasteiger partial charge in [-0.3, -0.25) is 14.4 Å². The highest BCUT2D eigenvalue weighted by Gasteiger charge is 2.75. The lowest BCUT2D eigenvalue weighted by molar-refractivity contribution is -0.126. The Morgan fingerprint density at radius 3 is 2.10 bits per heavy atom. The summed E-state index contributed by atoms with van der Waals surface area (Å²) in [6.45, 7) is 4.29. The second-order valence-corrected chi connectivity index (χ2v) is 8.92. The first-order chi connectivity index (χ1) is 15.0. The van der Waals surface area contributed by atoms with E-state index in [1.54, 1.807) is 12.1 Å². The van der Waals surface area contributed by atoms with Gasteiger partial charge in [-0.15, -0.1) is 0 Å². The molecule has 0 saturated carbocycles. The summed E-state index contributed by atoms with van der Waals surface area (Å²) in [5.74, 6) is -1.18. The van der Waals surface area contributed by atoms with Gasteiger partial charge in [0.2, 0.25) is 5.91 Å². The van der Waals surface area contributed by atoms with Crippen molar-refractivity contribution in [3.05, 3.63) is 96.1 Å². The minimum absolute atomic E-state index is 0.214. The molecule has 0 radical (unpaired) electrons. The highest BCUT2D eigenvalue weighted by molar-refractivity contribution is 6.24. The quantitative estimate of drug-likeness (QED) is 0.595. The third-order valence-corrected chi connectivity index (χ3v) is 7.22. The van der Waals surface area contributed by atoms with E-state index in [9.17, 15) is 9.59 Å². The van der Waals surface area contributed by atoms with Crippen LogP contribution >= 0.6 is 0 Å². The van der Waals surface area contributed by atoms with Crippen molar-refractivity contribution in [2.45, 2.75) is 30.9 Å². The number of hydrogen-bond donors (Lipinski definition) is 0. The number of carbonyl (C=O) groups is 2. The zero-order chi connectivity index (χ0) is 21.4. The van der Waals surface area contributed by atoms with Gasteiger partial charge in [-0.25, -0.2) is 9.96 Å². The molecule has 3 aromatic carbocycles. The summed E-state index contributed by atoms with van der Waals surface area (Å²) in [7, 11) is 0. The molecule has 31 heavy (non-hydrogen) atoms. The van der Waals surface area contributed by atoms with Crippen molar-refractivity contribution in [3.63, 3.8) is 0 Å². The fourth-order valence-corrected chi connectivity index (χ4v) is 5.93. The smallest absolute Gasteiger partial charge is 0.266 e. The Labute approximate surface area is 180 Å². The Hall–Kier alpha value is -3.44. The monoisotopic (exact) mass is 410 g/mol. The average molecular weight is 410 g/mol. The van der Waals surface area contributed by atoms with Crippen LogP contribution in [0.2, 0.25) is 0 Å². The van der Waals surface area contributed by atoms with E-state index in [-0.39, 0.29) is 11.8 Å². The number of anilines is 2. The van der Waals surface area contributed by atoms with E-state index in [4.69, 9.17) is 4.84 Å². The molecule has 5 nitrogen and oxygen atoms in total. The van der Waals surface area contributed by atoms with Gasteiger partial charge >= 0.3 is 0 Å². The van der Waals surface area contributed by atoms with Gasteiger partial charge in [0, 0.05) is 5.41 Å². The van der Waals surface area contributed by atoms with E-state index < -0.39 is 23.0 Å². The molecule has 3 aromatic rings. The van der Waals surface area contributed by atoms with E-state index >= 15 is 0 Å². The number of carbonyl (C=O) groups excluding carboxylic acids is 2. The zero-order valence-electron chi connectivity index (χ0n) is 17.4. The fourth-order valence-electron chi connectivity index (χ4n) is 5.93. The molecule has 2 fully saturated rings. The van der Waals surface area contributed by atoms with E-state index in [0.29, 0.717) is 5.69 Å². The zero-order valence-corrected chi connectivity index (χ0v) is 17.4. The van der Waals surface area contributed by atoms with Crippen LogP contribution in [0.15, 0.2) is 84.9 Å². The van der Waals surface area contributed by atoms with Crippen molar-refractivity contribution in [2.24, 2.45) is 5.92 Å². The summed E-state index contributed by atoms with van der Waals surface area (Å²) in [5, 5.41) is 1.85. The van der Waals surface area contributed by atoms with E-state index in [2.05, 4.69) is 19.9 Å². The number of hydroxylamine groups is 1. The second-order valence-electron chi connectivity index (χ2n) is 8.92. The fraction of sp³-hybridized carbons (Fsp3) is 0.231. The molecule has 1 unspecified atom stereocenters. The minimum Gasteiger partial charge on any atom is -0.273 e. The minimum atomic E-state index is -0.861. The number of para-hydroxylation sites is 2. The molecule has 154 valence electrons. The Balaban J connectivity index is 1.61. The molecule has 3 aliphatic rings. The lowest BCUT2D eigenvalue weighted by Gasteiger charge is -2.45. The number of amides is 2. The third kappa shape index (κ3) is 2.04. The molecule has 3 atom stereocenters. The third-order valence-electron chi connectivity index (χ3n) is 7.22. The summed E-state index contributed by atoms with van der Waals surface area (Å²) in [5.41, 5.74) is 2.26.